The van der Waals surface area contributed by atoms with Gasteiger partial charge in [-0.2, -0.15) is 0 Å². The summed E-state index contributed by atoms with van der Waals surface area (Å²) < 4.78 is 5.02. The van der Waals surface area contributed by atoms with E-state index in [1.54, 1.807) is 0 Å². The van der Waals surface area contributed by atoms with Crippen LogP contribution >= 0.6 is 11.8 Å². The minimum absolute atomic E-state index is 0.0596. The van der Waals surface area contributed by atoms with Gasteiger partial charge in [0.2, 0.25) is 6.71 Å². The second-order valence-corrected chi connectivity index (χ2v) is 22.2. The van der Waals surface area contributed by atoms with Gasteiger partial charge >= 0.3 is 0 Å². The van der Waals surface area contributed by atoms with Crippen LogP contribution in [-0.4, -0.2) is 15.8 Å². The zero-order valence-electron chi connectivity index (χ0n) is 44.2. The summed E-state index contributed by atoms with van der Waals surface area (Å²) in [5, 5.41) is 2.44. The van der Waals surface area contributed by atoms with Crippen molar-refractivity contribution in [3.63, 3.8) is 0 Å². The van der Waals surface area contributed by atoms with Crippen LogP contribution in [0.4, 0.5) is 17.1 Å². The van der Waals surface area contributed by atoms with Crippen LogP contribution in [0.1, 0.15) is 0 Å². The summed E-state index contributed by atoms with van der Waals surface area (Å²) in [6.45, 7) is -0.0596. The molecule has 5 heteroatoms. The van der Waals surface area contributed by atoms with Crippen molar-refractivity contribution in [3.05, 3.63) is 303 Å². The van der Waals surface area contributed by atoms with Crippen molar-refractivity contribution >= 4 is 73.7 Å². The van der Waals surface area contributed by atoms with Crippen LogP contribution in [0.3, 0.4) is 0 Å². The number of aromatic nitrogens is 2. The maximum atomic E-state index is 2.62. The number of anilines is 3. The number of para-hydroxylation sites is 3. The third-order valence-electron chi connectivity index (χ3n) is 16.6. The van der Waals surface area contributed by atoms with E-state index in [4.69, 9.17) is 0 Å². The SMILES string of the molecule is c1ccc(-c2cccc(-c3ccccc3)c2N2c3cc(-n4c(-c5ccccc5)c(-c5ccccc5)c5ccccc54)ccc3B3c4ccc(-n5c(-c6ccccc6)c(-c6ccccc6)c6ccccc65)cc4Sc4cccc2c43)cc1. The predicted octanol–water partition coefficient (Wildman–Crippen LogP) is 18.3. The smallest absolute Gasteiger partial charge is 0.249 e. The summed E-state index contributed by atoms with van der Waals surface area (Å²) in [6.07, 6.45) is 0. The molecule has 12 aromatic carbocycles. The second-order valence-electron chi connectivity index (χ2n) is 21.1. The molecule has 0 bridgehead atoms. The lowest BCUT2D eigenvalue weighted by Crippen LogP contribution is -2.59. The Kier molecular flexibility index (Phi) is 11.2. The zero-order valence-corrected chi connectivity index (χ0v) is 45.0. The Bertz CT molecular complexity index is 4650. The van der Waals surface area contributed by atoms with Crippen molar-refractivity contribution in [2.75, 3.05) is 4.90 Å². The van der Waals surface area contributed by atoms with Crippen LogP contribution in [0.15, 0.2) is 313 Å². The van der Waals surface area contributed by atoms with Crippen molar-refractivity contribution in [2.45, 2.75) is 9.79 Å². The molecule has 0 unspecified atom stereocenters. The molecule has 0 atom stereocenters. The van der Waals surface area contributed by atoms with E-state index in [-0.39, 0.29) is 6.71 Å². The molecule has 3 nitrogen and oxygen atoms in total. The van der Waals surface area contributed by atoms with Gasteiger partial charge in [0.25, 0.3) is 0 Å². The minimum Gasteiger partial charge on any atom is -0.310 e. The fourth-order valence-corrected chi connectivity index (χ4v) is 14.4. The highest BCUT2D eigenvalue weighted by Crippen LogP contribution is 2.51. The van der Waals surface area contributed by atoms with E-state index in [1.165, 1.54) is 104 Å². The molecule has 2 aliphatic rings. The summed E-state index contributed by atoms with van der Waals surface area (Å²) in [7, 11) is 0. The average molecular weight is 1050 g/mol. The third-order valence-corrected chi connectivity index (χ3v) is 17.7. The van der Waals surface area contributed by atoms with Crippen LogP contribution in [0.2, 0.25) is 0 Å². The molecule has 0 aliphatic carbocycles. The fourth-order valence-electron chi connectivity index (χ4n) is 13.2. The minimum atomic E-state index is -0.0596. The third kappa shape index (κ3) is 7.61. The van der Waals surface area contributed by atoms with Crippen LogP contribution in [0, 0.1) is 0 Å². The van der Waals surface area contributed by atoms with Gasteiger partial charge in [0.05, 0.1) is 28.1 Å². The van der Waals surface area contributed by atoms with Crippen molar-refractivity contribution < 1.29 is 0 Å². The van der Waals surface area contributed by atoms with E-state index in [2.05, 4.69) is 317 Å². The van der Waals surface area contributed by atoms with Gasteiger partial charge in [0, 0.05) is 65.6 Å². The Morgan fingerprint density at radius 2 is 0.716 bits per heavy atom. The largest absolute Gasteiger partial charge is 0.310 e. The monoisotopic (exact) mass is 1050 g/mol. The van der Waals surface area contributed by atoms with Gasteiger partial charge in [0.15, 0.2) is 0 Å². The van der Waals surface area contributed by atoms with Crippen molar-refractivity contribution in [1.29, 1.82) is 0 Å². The van der Waals surface area contributed by atoms with E-state index in [0.29, 0.717) is 0 Å². The zero-order chi connectivity index (χ0) is 53.4. The van der Waals surface area contributed by atoms with Gasteiger partial charge < -0.3 is 14.0 Å². The summed E-state index contributed by atoms with van der Waals surface area (Å²) in [5.41, 5.74) is 26.2. The summed E-state index contributed by atoms with van der Waals surface area (Å²) >= 11 is 1.90. The maximum Gasteiger partial charge on any atom is 0.249 e. The maximum absolute atomic E-state index is 2.62. The number of benzene rings is 12. The van der Waals surface area contributed by atoms with E-state index in [1.807, 2.05) is 11.8 Å². The van der Waals surface area contributed by atoms with Crippen molar-refractivity contribution in [1.82, 2.24) is 9.13 Å². The molecule has 0 spiro atoms. The Morgan fingerprint density at radius 1 is 0.296 bits per heavy atom. The Labute approximate surface area is 476 Å². The van der Waals surface area contributed by atoms with Gasteiger partial charge in [-0.1, -0.05) is 272 Å². The normalized spacial score (nSPS) is 12.3. The van der Waals surface area contributed by atoms with Gasteiger partial charge in [0.1, 0.15) is 0 Å². The Morgan fingerprint density at radius 3 is 1.22 bits per heavy atom. The number of nitrogens with zero attached hydrogens (tertiary/aromatic N) is 3. The Hall–Kier alpha value is -10.1. The van der Waals surface area contributed by atoms with Gasteiger partial charge in [-0.15, -0.1) is 0 Å². The van der Waals surface area contributed by atoms with Gasteiger partial charge in [-0.25, -0.2) is 0 Å². The van der Waals surface area contributed by atoms with Crippen molar-refractivity contribution in [2.24, 2.45) is 0 Å². The van der Waals surface area contributed by atoms with Crippen molar-refractivity contribution in [3.8, 4) is 78.4 Å². The molecule has 4 heterocycles. The van der Waals surface area contributed by atoms with Crippen LogP contribution < -0.4 is 21.3 Å². The number of hydrogen-bond donors (Lipinski definition) is 0. The number of hydrogen-bond acceptors (Lipinski definition) is 2. The standard InChI is InChI=1S/C76H50BN3S/c1-7-25-51(26-8-1)59-39-23-40-60(52-27-9-2-10-28-52)76(59)80-67-43-24-44-69-73(67)77(63-47-45-57(49-68(63)80)78-65-41-21-19-37-61(65)71(53-29-11-3-12-30-53)74(78)55-33-15-5-16-34-55)64-48-46-58(50-70(64)81-69)79-66-42-22-20-38-62(66)72(54-31-13-4-14-32-54)75(79)56-35-17-6-18-36-56/h1-50H. The molecule has 16 rings (SSSR count). The van der Waals surface area contributed by atoms with E-state index in [0.717, 1.165) is 39.5 Å². The molecule has 0 saturated heterocycles. The first-order valence-electron chi connectivity index (χ1n) is 27.9. The molecule has 0 fully saturated rings. The summed E-state index contributed by atoms with van der Waals surface area (Å²) in [4.78, 5) is 5.14. The molecule has 0 saturated carbocycles. The molecule has 2 aliphatic heterocycles. The first-order chi connectivity index (χ1) is 40.2. The molecule has 2 aromatic heterocycles. The lowest BCUT2D eigenvalue weighted by Gasteiger charge is -2.42. The molecular formula is C76H50BN3S. The summed E-state index contributed by atoms with van der Waals surface area (Å²) in [6, 6.07) is 112. The van der Waals surface area contributed by atoms with E-state index < -0.39 is 0 Å². The van der Waals surface area contributed by atoms with E-state index in [9.17, 15) is 0 Å². The topological polar surface area (TPSA) is 13.1 Å². The molecule has 0 radical (unpaired) electrons. The van der Waals surface area contributed by atoms with Gasteiger partial charge in [-0.3, -0.25) is 0 Å². The second kappa shape index (κ2) is 19.4. The molecule has 378 valence electrons. The summed E-state index contributed by atoms with van der Waals surface area (Å²) in [5.74, 6) is 0. The lowest BCUT2D eigenvalue weighted by molar-refractivity contribution is 1.12. The predicted molar refractivity (Wildman–Crippen MR) is 343 cm³/mol. The van der Waals surface area contributed by atoms with Crippen LogP contribution in [0.25, 0.3) is 100 Å². The Balaban J connectivity index is 0.973. The fraction of sp³-hybridized carbons (Fsp3) is 0. The van der Waals surface area contributed by atoms with Gasteiger partial charge in [-0.05, 0) is 92.8 Å². The lowest BCUT2D eigenvalue weighted by atomic mass is 9.35. The highest BCUT2D eigenvalue weighted by atomic mass is 32.2. The molecule has 0 N–H and O–H groups in total. The quantitative estimate of drug-likeness (QED) is 0.134. The van der Waals surface area contributed by atoms with Crippen LogP contribution in [-0.2, 0) is 0 Å². The molecular weight excluding hydrogens is 998 g/mol. The average Bonchev–Trinajstić information content (AvgIpc) is 4.29. The van der Waals surface area contributed by atoms with E-state index >= 15 is 0 Å². The number of fused-ring (bicyclic) bond motifs is 6. The molecule has 0 amide bonds. The molecule has 14 aromatic rings. The van der Waals surface area contributed by atoms with Crippen LogP contribution in [0.5, 0.6) is 0 Å². The first kappa shape index (κ1) is 47.0. The number of rotatable bonds is 9. The highest BCUT2D eigenvalue weighted by Gasteiger charge is 2.42. The first-order valence-corrected chi connectivity index (χ1v) is 28.7. The molecule has 81 heavy (non-hydrogen) atoms. The highest BCUT2D eigenvalue weighted by molar-refractivity contribution is 8.00.